The van der Waals surface area contributed by atoms with Gasteiger partial charge in [-0.15, -0.1) is 0 Å². The topological polar surface area (TPSA) is 62.2 Å². The first-order valence-corrected chi connectivity index (χ1v) is 11.1. The van der Waals surface area contributed by atoms with Gasteiger partial charge in [0.2, 0.25) is 0 Å². The summed E-state index contributed by atoms with van der Waals surface area (Å²) in [6, 6.07) is 9.03. The van der Waals surface area contributed by atoms with E-state index in [4.69, 9.17) is 9.47 Å². The number of carbonyl (C=O) groups excluding carboxylic acids is 1. The van der Waals surface area contributed by atoms with Crippen LogP contribution in [0.25, 0.3) is 0 Å². The van der Waals surface area contributed by atoms with E-state index in [1.165, 1.54) is 5.06 Å². The lowest BCUT2D eigenvalue weighted by Crippen LogP contribution is -2.53. The first-order valence-electron chi connectivity index (χ1n) is 11.1. The molecule has 0 radical (unpaired) electrons. The van der Waals surface area contributed by atoms with E-state index in [-0.39, 0.29) is 6.04 Å². The van der Waals surface area contributed by atoms with Gasteiger partial charge in [0.25, 0.3) is 0 Å². The van der Waals surface area contributed by atoms with Gasteiger partial charge in [-0.25, -0.2) is 4.79 Å². The fourth-order valence-electron chi connectivity index (χ4n) is 4.25. The van der Waals surface area contributed by atoms with Crippen molar-refractivity contribution in [2.45, 2.75) is 97.9 Å². The summed E-state index contributed by atoms with van der Waals surface area (Å²) in [5.41, 5.74) is 0.267. The van der Waals surface area contributed by atoms with E-state index in [0.717, 1.165) is 17.6 Å². The minimum absolute atomic E-state index is 0.267. The van der Waals surface area contributed by atoms with Gasteiger partial charge in [0.05, 0.1) is 12.1 Å². The summed E-state index contributed by atoms with van der Waals surface area (Å²) in [4.78, 5) is 14.9. The molecule has 31 heavy (non-hydrogen) atoms. The van der Waals surface area contributed by atoms with Gasteiger partial charge in [0, 0.05) is 6.54 Å². The molecule has 0 aromatic heterocycles. The van der Waals surface area contributed by atoms with E-state index in [1.54, 1.807) is 4.90 Å². The summed E-state index contributed by atoms with van der Waals surface area (Å²) in [7, 11) is 0. The van der Waals surface area contributed by atoms with Crippen molar-refractivity contribution in [3.63, 3.8) is 0 Å². The molecule has 1 saturated heterocycles. The SMILES string of the molecule is C=C(C)[C@@H]([C@@H]1OC(C)(C)N(C(=O)OC(C)(C)C)[C@H]1CC(C)C)N(O)Cc1ccccc1. The lowest BCUT2D eigenvalue weighted by molar-refractivity contribution is -0.169. The molecule has 1 N–H and O–H groups in total. The maximum Gasteiger partial charge on any atom is 0.412 e. The number of hydrogen-bond acceptors (Lipinski definition) is 5. The van der Waals surface area contributed by atoms with Gasteiger partial charge in [-0.1, -0.05) is 56.3 Å². The van der Waals surface area contributed by atoms with E-state index in [0.29, 0.717) is 12.5 Å². The summed E-state index contributed by atoms with van der Waals surface area (Å²) in [5, 5.41) is 12.4. The van der Waals surface area contributed by atoms with Crippen LogP contribution in [0.5, 0.6) is 0 Å². The number of amides is 1. The molecular weight excluding hydrogens is 392 g/mol. The summed E-state index contributed by atoms with van der Waals surface area (Å²) in [6.45, 7) is 19.9. The summed E-state index contributed by atoms with van der Waals surface area (Å²) in [5.74, 6) is 0.321. The van der Waals surface area contributed by atoms with Crippen molar-refractivity contribution in [2.24, 2.45) is 5.92 Å². The van der Waals surface area contributed by atoms with Gasteiger partial charge in [-0.05, 0) is 59.4 Å². The summed E-state index contributed by atoms with van der Waals surface area (Å²) in [6.07, 6.45) is -0.133. The molecule has 0 aliphatic carbocycles. The highest BCUT2D eigenvalue weighted by Gasteiger charge is 2.54. The van der Waals surface area contributed by atoms with E-state index >= 15 is 0 Å². The third-order valence-electron chi connectivity index (χ3n) is 5.34. The van der Waals surface area contributed by atoms with E-state index in [2.05, 4.69) is 20.4 Å². The van der Waals surface area contributed by atoms with Gasteiger partial charge in [0.1, 0.15) is 17.4 Å². The second-order valence-electron chi connectivity index (χ2n) is 10.5. The van der Waals surface area contributed by atoms with Crippen LogP contribution >= 0.6 is 0 Å². The summed E-state index contributed by atoms with van der Waals surface area (Å²) >= 11 is 0. The lowest BCUT2D eigenvalue weighted by atomic mass is 9.91. The first-order chi connectivity index (χ1) is 14.2. The molecule has 1 aliphatic heterocycles. The number of hydrogen-bond donors (Lipinski definition) is 1. The second-order valence-corrected chi connectivity index (χ2v) is 10.5. The zero-order chi connectivity index (χ0) is 23.6. The van der Waals surface area contributed by atoms with Gasteiger partial charge >= 0.3 is 6.09 Å². The molecule has 0 saturated carbocycles. The van der Waals surface area contributed by atoms with Gasteiger partial charge in [0.15, 0.2) is 0 Å². The van der Waals surface area contributed by atoms with Crippen LogP contribution in [-0.2, 0) is 16.0 Å². The molecule has 0 unspecified atom stereocenters. The Morgan fingerprint density at radius 1 is 1.29 bits per heavy atom. The van der Waals surface area contributed by atoms with Crippen molar-refractivity contribution < 1.29 is 19.5 Å². The fraction of sp³-hybridized carbons (Fsp3) is 0.640. The molecule has 1 fully saturated rings. The van der Waals surface area contributed by atoms with Crippen LogP contribution in [0.2, 0.25) is 0 Å². The normalized spacial score (nSPS) is 22.1. The zero-order valence-corrected chi connectivity index (χ0v) is 20.4. The molecule has 1 amide bonds. The van der Waals surface area contributed by atoms with Crippen molar-refractivity contribution in [1.29, 1.82) is 0 Å². The van der Waals surface area contributed by atoms with Gasteiger partial charge < -0.3 is 14.7 Å². The van der Waals surface area contributed by atoms with Crippen LogP contribution < -0.4 is 0 Å². The highest BCUT2D eigenvalue weighted by Crippen LogP contribution is 2.40. The van der Waals surface area contributed by atoms with Crippen LogP contribution in [0.15, 0.2) is 42.5 Å². The maximum atomic E-state index is 13.2. The molecule has 1 heterocycles. The molecule has 6 nitrogen and oxygen atoms in total. The lowest BCUT2D eigenvalue weighted by Gasteiger charge is -2.37. The molecule has 0 spiro atoms. The van der Waals surface area contributed by atoms with E-state index in [1.807, 2.05) is 71.9 Å². The Balaban J connectivity index is 2.39. The predicted octanol–water partition coefficient (Wildman–Crippen LogP) is 5.61. The highest BCUT2D eigenvalue weighted by molar-refractivity contribution is 5.70. The zero-order valence-electron chi connectivity index (χ0n) is 20.4. The average molecular weight is 433 g/mol. The van der Waals surface area contributed by atoms with Crippen LogP contribution in [0.3, 0.4) is 0 Å². The molecule has 1 aliphatic rings. The Morgan fingerprint density at radius 3 is 2.35 bits per heavy atom. The van der Waals surface area contributed by atoms with Crippen molar-refractivity contribution in [2.75, 3.05) is 0 Å². The van der Waals surface area contributed by atoms with Crippen LogP contribution in [0.1, 0.15) is 67.4 Å². The molecule has 1 aromatic rings. The number of rotatable bonds is 7. The van der Waals surface area contributed by atoms with Gasteiger partial charge in [-0.2, -0.15) is 5.06 Å². The Bertz CT molecular complexity index is 755. The minimum Gasteiger partial charge on any atom is -0.444 e. The quantitative estimate of drug-likeness (QED) is 0.448. The van der Waals surface area contributed by atoms with Crippen molar-refractivity contribution in [3.05, 3.63) is 48.0 Å². The first kappa shape index (κ1) is 25.4. The molecule has 3 atom stereocenters. The highest BCUT2D eigenvalue weighted by atomic mass is 16.6. The van der Waals surface area contributed by atoms with Crippen molar-refractivity contribution in [3.8, 4) is 0 Å². The predicted molar refractivity (Wildman–Crippen MR) is 123 cm³/mol. The standard InChI is InChI=1S/C25H40N2O4/c1-17(2)15-20-22(30-25(8,9)27(20)23(28)31-24(5,6)7)21(18(3)4)26(29)16-19-13-11-10-12-14-19/h10-14,17,20-22,29H,3,15-16H2,1-2,4-9H3/t20-,21-,22+/m0/s1. The average Bonchev–Trinajstić information content (AvgIpc) is 2.83. The Morgan fingerprint density at radius 2 is 1.87 bits per heavy atom. The molecule has 2 rings (SSSR count). The molecule has 6 heteroatoms. The Hall–Kier alpha value is -1.89. The summed E-state index contributed by atoms with van der Waals surface area (Å²) < 4.78 is 12.2. The van der Waals surface area contributed by atoms with Crippen LogP contribution in [-0.4, -0.2) is 50.8 Å². The van der Waals surface area contributed by atoms with Gasteiger partial charge in [-0.3, -0.25) is 4.90 Å². The van der Waals surface area contributed by atoms with Crippen LogP contribution in [0.4, 0.5) is 4.79 Å². The monoisotopic (exact) mass is 432 g/mol. The third kappa shape index (κ3) is 6.55. The van der Waals surface area contributed by atoms with E-state index in [9.17, 15) is 10.0 Å². The number of nitrogens with zero attached hydrogens (tertiary/aromatic N) is 2. The molecule has 1 aromatic carbocycles. The Labute approximate surface area is 187 Å². The van der Waals surface area contributed by atoms with Crippen molar-refractivity contribution >= 4 is 6.09 Å². The Kier molecular flexibility index (Phi) is 7.95. The molecular formula is C25H40N2O4. The van der Waals surface area contributed by atoms with E-state index < -0.39 is 29.6 Å². The number of carbonyl (C=O) groups is 1. The second kappa shape index (κ2) is 9.72. The number of hydroxylamine groups is 2. The maximum absolute atomic E-state index is 13.2. The van der Waals surface area contributed by atoms with Crippen LogP contribution in [0, 0.1) is 5.92 Å². The molecule has 174 valence electrons. The third-order valence-corrected chi connectivity index (χ3v) is 5.34. The van der Waals surface area contributed by atoms with Crippen molar-refractivity contribution in [1.82, 2.24) is 9.96 Å². The smallest absolute Gasteiger partial charge is 0.412 e. The largest absolute Gasteiger partial charge is 0.444 e. The molecule has 0 bridgehead atoms. The fourth-order valence-corrected chi connectivity index (χ4v) is 4.25. The number of benzene rings is 1. The minimum atomic E-state index is -0.881. The number of ether oxygens (including phenoxy) is 2.